The van der Waals surface area contributed by atoms with Gasteiger partial charge in [0.25, 0.3) is 0 Å². The molecule has 2 N–H and O–H groups in total. The first-order chi connectivity index (χ1) is 8.61. The maximum atomic E-state index is 13.5. The normalized spacial score (nSPS) is 22.6. The van der Waals surface area contributed by atoms with Crippen LogP contribution in [-0.2, 0) is 0 Å². The zero-order chi connectivity index (χ0) is 12.9. The van der Waals surface area contributed by atoms with E-state index in [0.717, 1.165) is 5.52 Å². The molecule has 96 valence electrons. The molecule has 3 nitrogen and oxygen atoms in total. The number of halogens is 1. The lowest BCUT2D eigenvalue weighted by atomic mass is 10.2. The fraction of sp³-hybridized carbons (Fsp3) is 0.500. The molecule has 1 heterocycles. The molecule has 1 saturated carbocycles. The summed E-state index contributed by atoms with van der Waals surface area (Å²) in [5.41, 5.74) is 8.26. The van der Waals surface area contributed by atoms with E-state index in [1.165, 1.54) is 25.3 Å². The minimum absolute atomic E-state index is 0.215. The highest BCUT2D eigenvalue weighted by Gasteiger charge is 2.39. The van der Waals surface area contributed by atoms with Gasteiger partial charge >= 0.3 is 0 Å². The SMILES string of the molecule is CCCC1CC1n1c(N)nc2cc(F)c(C)cc21. The standard InChI is InChI=1S/C14H18FN3/c1-3-4-9-6-12(9)18-13-5-8(2)10(15)7-11(13)17-14(18)16/h5,7,9,12H,3-4,6H2,1-2H3,(H2,16,17). The predicted molar refractivity (Wildman–Crippen MR) is 70.9 cm³/mol. The molecule has 0 aliphatic heterocycles. The second kappa shape index (κ2) is 3.97. The number of aryl methyl sites for hydroxylation is 1. The van der Waals surface area contributed by atoms with Crippen LogP contribution in [0.25, 0.3) is 11.0 Å². The van der Waals surface area contributed by atoms with Gasteiger partial charge in [0.1, 0.15) is 5.82 Å². The van der Waals surface area contributed by atoms with Crippen LogP contribution in [-0.4, -0.2) is 9.55 Å². The summed E-state index contributed by atoms with van der Waals surface area (Å²) < 4.78 is 15.6. The quantitative estimate of drug-likeness (QED) is 0.903. The van der Waals surface area contributed by atoms with Crippen LogP contribution in [0.15, 0.2) is 12.1 Å². The molecule has 0 spiro atoms. The van der Waals surface area contributed by atoms with Crippen molar-refractivity contribution in [1.82, 2.24) is 9.55 Å². The van der Waals surface area contributed by atoms with Gasteiger partial charge < -0.3 is 10.3 Å². The number of aromatic nitrogens is 2. The Morgan fingerprint density at radius 2 is 2.28 bits per heavy atom. The van der Waals surface area contributed by atoms with Crippen molar-refractivity contribution < 1.29 is 4.39 Å². The summed E-state index contributed by atoms with van der Waals surface area (Å²) in [6.45, 7) is 3.98. The Morgan fingerprint density at radius 1 is 1.50 bits per heavy atom. The maximum Gasteiger partial charge on any atom is 0.201 e. The van der Waals surface area contributed by atoms with Gasteiger partial charge in [-0.3, -0.25) is 0 Å². The topological polar surface area (TPSA) is 43.8 Å². The van der Waals surface area contributed by atoms with Crippen LogP contribution < -0.4 is 5.73 Å². The fourth-order valence-corrected chi connectivity index (χ4v) is 2.82. The van der Waals surface area contributed by atoms with Crippen LogP contribution in [0.5, 0.6) is 0 Å². The fourth-order valence-electron chi connectivity index (χ4n) is 2.82. The van der Waals surface area contributed by atoms with Crippen molar-refractivity contribution in [2.75, 3.05) is 5.73 Å². The Kier molecular flexibility index (Phi) is 2.54. The van der Waals surface area contributed by atoms with Gasteiger partial charge in [0.2, 0.25) is 5.95 Å². The van der Waals surface area contributed by atoms with Crippen molar-refractivity contribution in [3.8, 4) is 0 Å². The Balaban J connectivity index is 2.07. The third-order valence-electron chi connectivity index (χ3n) is 3.87. The first-order valence-corrected chi connectivity index (χ1v) is 6.55. The van der Waals surface area contributed by atoms with Gasteiger partial charge in [-0.05, 0) is 37.3 Å². The molecule has 1 aromatic carbocycles. The van der Waals surface area contributed by atoms with Gasteiger partial charge in [-0.25, -0.2) is 9.37 Å². The number of hydrogen-bond donors (Lipinski definition) is 1. The van der Waals surface area contributed by atoms with Gasteiger partial charge in [-0.2, -0.15) is 0 Å². The second-order valence-corrected chi connectivity index (χ2v) is 5.28. The largest absolute Gasteiger partial charge is 0.369 e. The molecule has 0 amide bonds. The minimum Gasteiger partial charge on any atom is -0.369 e. The summed E-state index contributed by atoms with van der Waals surface area (Å²) in [5, 5.41) is 0. The highest BCUT2D eigenvalue weighted by molar-refractivity contribution is 5.79. The molecule has 1 aromatic heterocycles. The van der Waals surface area contributed by atoms with E-state index >= 15 is 0 Å². The van der Waals surface area contributed by atoms with E-state index in [4.69, 9.17) is 5.73 Å². The van der Waals surface area contributed by atoms with E-state index in [0.29, 0.717) is 29.0 Å². The van der Waals surface area contributed by atoms with Crippen LogP contribution in [0.4, 0.5) is 10.3 Å². The lowest BCUT2D eigenvalue weighted by Gasteiger charge is -2.06. The number of rotatable bonds is 3. The number of imidazole rings is 1. The van der Waals surface area contributed by atoms with E-state index in [-0.39, 0.29) is 5.82 Å². The molecule has 0 saturated heterocycles. The van der Waals surface area contributed by atoms with Crippen molar-refractivity contribution >= 4 is 17.0 Å². The van der Waals surface area contributed by atoms with Crippen LogP contribution in [0.1, 0.15) is 37.8 Å². The van der Waals surface area contributed by atoms with Crippen LogP contribution >= 0.6 is 0 Å². The average Bonchev–Trinajstić information content (AvgIpc) is 2.98. The van der Waals surface area contributed by atoms with Crippen LogP contribution in [0.2, 0.25) is 0 Å². The molecular formula is C14H18FN3. The van der Waals surface area contributed by atoms with Gasteiger partial charge in [0, 0.05) is 12.1 Å². The Bertz CT molecular complexity index is 603. The van der Waals surface area contributed by atoms with Crippen molar-refractivity contribution in [2.24, 2.45) is 5.92 Å². The highest BCUT2D eigenvalue weighted by Crippen LogP contribution is 2.48. The molecule has 2 unspecified atom stereocenters. The molecule has 2 aromatic rings. The van der Waals surface area contributed by atoms with Crippen molar-refractivity contribution in [1.29, 1.82) is 0 Å². The molecule has 2 atom stereocenters. The van der Waals surface area contributed by atoms with Crippen LogP contribution in [0, 0.1) is 18.7 Å². The molecule has 0 radical (unpaired) electrons. The molecule has 3 rings (SSSR count). The minimum atomic E-state index is -0.215. The summed E-state index contributed by atoms with van der Waals surface area (Å²) in [4.78, 5) is 4.27. The predicted octanol–water partition coefficient (Wildman–Crippen LogP) is 3.43. The lowest BCUT2D eigenvalue weighted by Crippen LogP contribution is -2.02. The molecule has 0 bridgehead atoms. The van der Waals surface area contributed by atoms with E-state index in [9.17, 15) is 4.39 Å². The van der Waals surface area contributed by atoms with Gasteiger partial charge in [0.15, 0.2) is 0 Å². The van der Waals surface area contributed by atoms with E-state index < -0.39 is 0 Å². The number of nitrogen functional groups attached to an aromatic ring is 1. The summed E-state index contributed by atoms with van der Waals surface area (Å²) in [6.07, 6.45) is 3.59. The Morgan fingerprint density at radius 3 is 3.00 bits per heavy atom. The molecule has 1 aliphatic carbocycles. The van der Waals surface area contributed by atoms with Crippen molar-refractivity contribution in [3.05, 3.63) is 23.5 Å². The number of hydrogen-bond acceptors (Lipinski definition) is 2. The van der Waals surface area contributed by atoms with Crippen molar-refractivity contribution in [2.45, 2.75) is 39.2 Å². The molecule has 4 heteroatoms. The smallest absolute Gasteiger partial charge is 0.201 e. The summed E-state index contributed by atoms with van der Waals surface area (Å²) in [6, 6.07) is 3.80. The summed E-state index contributed by atoms with van der Waals surface area (Å²) in [5.74, 6) is 1.01. The second-order valence-electron chi connectivity index (χ2n) is 5.28. The third kappa shape index (κ3) is 1.67. The van der Waals surface area contributed by atoms with E-state index in [2.05, 4.69) is 16.5 Å². The number of benzene rings is 1. The monoisotopic (exact) mass is 247 g/mol. The zero-order valence-electron chi connectivity index (χ0n) is 10.8. The average molecular weight is 247 g/mol. The third-order valence-corrected chi connectivity index (χ3v) is 3.87. The number of fused-ring (bicyclic) bond motifs is 1. The molecular weight excluding hydrogens is 229 g/mol. The highest BCUT2D eigenvalue weighted by atomic mass is 19.1. The van der Waals surface area contributed by atoms with Gasteiger partial charge in [0.05, 0.1) is 11.0 Å². The molecule has 1 fully saturated rings. The zero-order valence-corrected chi connectivity index (χ0v) is 10.8. The Hall–Kier alpha value is -1.58. The van der Waals surface area contributed by atoms with E-state index in [1.54, 1.807) is 6.92 Å². The van der Waals surface area contributed by atoms with Crippen LogP contribution in [0.3, 0.4) is 0 Å². The maximum absolute atomic E-state index is 13.5. The first kappa shape index (κ1) is 11.5. The number of nitrogens with zero attached hydrogens (tertiary/aromatic N) is 2. The lowest BCUT2D eigenvalue weighted by molar-refractivity contribution is 0.616. The number of nitrogens with two attached hydrogens (primary N) is 1. The first-order valence-electron chi connectivity index (χ1n) is 6.55. The van der Waals surface area contributed by atoms with Gasteiger partial charge in [-0.1, -0.05) is 13.3 Å². The number of anilines is 1. The van der Waals surface area contributed by atoms with Gasteiger partial charge in [-0.15, -0.1) is 0 Å². The molecule has 18 heavy (non-hydrogen) atoms. The summed E-state index contributed by atoms with van der Waals surface area (Å²) >= 11 is 0. The Labute approximate surface area is 106 Å². The van der Waals surface area contributed by atoms with Crippen molar-refractivity contribution in [3.63, 3.8) is 0 Å². The van der Waals surface area contributed by atoms with E-state index in [1.807, 2.05) is 6.07 Å². The summed E-state index contributed by atoms with van der Waals surface area (Å²) in [7, 11) is 0. The molecule has 1 aliphatic rings.